The predicted molar refractivity (Wildman–Crippen MR) is 125 cm³/mol. The van der Waals surface area contributed by atoms with Crippen LogP contribution in [0, 0.1) is 11.3 Å². The topological polar surface area (TPSA) is 117 Å². The molecular weight excluding hydrogens is 434 g/mol. The number of esters is 1. The molecule has 8 heteroatoms. The van der Waals surface area contributed by atoms with Crippen molar-refractivity contribution >= 4 is 29.8 Å². The molecule has 0 atom stereocenters. The average Bonchev–Trinajstić information content (AvgIpc) is 3.08. The molecule has 1 aliphatic heterocycles. The maximum Gasteiger partial charge on any atom is 0.311 e. The summed E-state index contributed by atoms with van der Waals surface area (Å²) in [6, 6.07) is 14.9. The highest BCUT2D eigenvalue weighted by molar-refractivity contribution is 6.21. The van der Waals surface area contributed by atoms with E-state index in [-0.39, 0.29) is 36.8 Å². The van der Waals surface area contributed by atoms with Gasteiger partial charge in [0.1, 0.15) is 17.4 Å². The second-order valence-corrected chi connectivity index (χ2v) is 7.73. The quantitative estimate of drug-likeness (QED) is 0.145. The summed E-state index contributed by atoms with van der Waals surface area (Å²) in [5.41, 5.74) is 1.37. The number of nitrogens with one attached hydrogen (secondary N) is 1. The number of hydrogen-bond acceptors (Lipinski definition) is 6. The first-order valence-corrected chi connectivity index (χ1v) is 11.1. The van der Waals surface area contributed by atoms with Crippen LogP contribution in [0.1, 0.15) is 58.9 Å². The number of ether oxygens (including phenoxy) is 1. The zero-order valence-electron chi connectivity index (χ0n) is 18.9. The molecule has 0 aromatic heterocycles. The van der Waals surface area contributed by atoms with E-state index in [0.29, 0.717) is 29.0 Å². The first-order chi connectivity index (χ1) is 16.4. The number of carbonyl (C=O) groups is 4. The molecule has 0 saturated heterocycles. The highest BCUT2D eigenvalue weighted by atomic mass is 16.5. The Labute approximate surface area is 197 Å². The van der Waals surface area contributed by atoms with Gasteiger partial charge in [-0.2, -0.15) is 5.26 Å². The van der Waals surface area contributed by atoms with Gasteiger partial charge in [0.15, 0.2) is 0 Å². The van der Waals surface area contributed by atoms with Crippen LogP contribution in [0.15, 0.2) is 54.1 Å². The van der Waals surface area contributed by atoms with Crippen LogP contribution < -0.4 is 10.1 Å². The lowest BCUT2D eigenvalue weighted by Gasteiger charge is -2.13. The minimum Gasteiger partial charge on any atom is -0.427 e. The van der Waals surface area contributed by atoms with Crippen LogP contribution in [0.2, 0.25) is 0 Å². The number of unbranched alkanes of at least 4 members (excludes halogenated alkanes) is 1. The number of fused-ring (bicyclic) bond motifs is 1. The van der Waals surface area contributed by atoms with Crippen molar-refractivity contribution in [2.75, 3.05) is 13.1 Å². The molecular formula is C26H25N3O5. The first-order valence-electron chi connectivity index (χ1n) is 11.1. The van der Waals surface area contributed by atoms with E-state index in [1.54, 1.807) is 48.5 Å². The van der Waals surface area contributed by atoms with Crippen molar-refractivity contribution in [2.24, 2.45) is 0 Å². The molecule has 2 aromatic rings. The Balaban J connectivity index is 1.49. The van der Waals surface area contributed by atoms with Gasteiger partial charge in [-0.05, 0) is 48.7 Å². The van der Waals surface area contributed by atoms with E-state index in [9.17, 15) is 24.4 Å². The number of nitriles is 1. The minimum absolute atomic E-state index is 0.00555. The summed E-state index contributed by atoms with van der Waals surface area (Å²) in [6.45, 7) is 2.65. The van der Waals surface area contributed by atoms with Gasteiger partial charge >= 0.3 is 5.97 Å². The first kappa shape index (κ1) is 24.4. The molecule has 1 aliphatic rings. The maximum absolute atomic E-state index is 12.4. The van der Waals surface area contributed by atoms with Gasteiger partial charge in [0.25, 0.3) is 17.7 Å². The molecule has 0 unspecified atom stereocenters. The van der Waals surface area contributed by atoms with Gasteiger partial charge in [0.05, 0.1) is 11.1 Å². The van der Waals surface area contributed by atoms with Crippen LogP contribution in [0.25, 0.3) is 6.08 Å². The molecule has 3 rings (SSSR count). The predicted octanol–water partition coefficient (Wildman–Crippen LogP) is 3.49. The van der Waals surface area contributed by atoms with Crippen molar-refractivity contribution in [3.8, 4) is 11.8 Å². The molecule has 8 nitrogen and oxygen atoms in total. The van der Waals surface area contributed by atoms with Gasteiger partial charge in [-0.3, -0.25) is 24.1 Å². The summed E-state index contributed by atoms with van der Waals surface area (Å²) >= 11 is 0. The van der Waals surface area contributed by atoms with Crippen LogP contribution in [0.5, 0.6) is 5.75 Å². The Morgan fingerprint density at radius 2 is 1.68 bits per heavy atom. The third kappa shape index (κ3) is 5.95. The Bertz CT molecular complexity index is 1130. The zero-order chi connectivity index (χ0) is 24.5. The largest absolute Gasteiger partial charge is 0.427 e. The molecule has 0 spiro atoms. The van der Waals surface area contributed by atoms with Gasteiger partial charge in [-0.1, -0.05) is 37.6 Å². The van der Waals surface area contributed by atoms with Gasteiger partial charge in [0, 0.05) is 19.5 Å². The summed E-state index contributed by atoms with van der Waals surface area (Å²) in [6.07, 6.45) is 3.56. The number of rotatable bonds is 10. The third-order valence-corrected chi connectivity index (χ3v) is 5.24. The van der Waals surface area contributed by atoms with Crippen molar-refractivity contribution in [3.05, 3.63) is 70.8 Å². The van der Waals surface area contributed by atoms with E-state index in [0.717, 1.165) is 17.7 Å². The van der Waals surface area contributed by atoms with Gasteiger partial charge < -0.3 is 10.1 Å². The summed E-state index contributed by atoms with van der Waals surface area (Å²) < 4.78 is 5.30. The lowest BCUT2D eigenvalue weighted by Crippen LogP contribution is -2.31. The fourth-order valence-electron chi connectivity index (χ4n) is 3.43. The lowest BCUT2D eigenvalue weighted by atomic mass is 10.1. The van der Waals surface area contributed by atoms with Crippen molar-refractivity contribution in [1.82, 2.24) is 10.2 Å². The molecule has 0 radical (unpaired) electrons. The highest BCUT2D eigenvalue weighted by Crippen LogP contribution is 2.23. The third-order valence-electron chi connectivity index (χ3n) is 5.24. The standard InChI is InChI=1S/C26H25N3O5/c1-2-3-14-28-24(31)19(17-27)16-18-10-12-20(13-11-18)34-23(30)9-6-15-29-25(32)21-7-4-5-8-22(21)26(29)33/h4-5,7-8,10-13,16H,2-3,6,9,14-15H2,1H3,(H,28,31)/b19-16+. The van der Waals surface area contributed by atoms with Gasteiger partial charge in [-0.25, -0.2) is 0 Å². The smallest absolute Gasteiger partial charge is 0.311 e. The van der Waals surface area contributed by atoms with Crippen molar-refractivity contribution < 1.29 is 23.9 Å². The Morgan fingerprint density at radius 3 is 2.26 bits per heavy atom. The van der Waals surface area contributed by atoms with E-state index in [4.69, 9.17) is 4.74 Å². The molecule has 1 heterocycles. The van der Waals surface area contributed by atoms with Crippen LogP contribution in [-0.4, -0.2) is 41.7 Å². The van der Waals surface area contributed by atoms with E-state index >= 15 is 0 Å². The molecule has 174 valence electrons. The number of amides is 3. The Morgan fingerprint density at radius 1 is 1.03 bits per heavy atom. The number of hydrogen-bond donors (Lipinski definition) is 1. The molecule has 0 fully saturated rings. The van der Waals surface area contributed by atoms with Gasteiger partial charge in [0.2, 0.25) is 0 Å². The number of nitrogens with zero attached hydrogens (tertiary/aromatic N) is 2. The summed E-state index contributed by atoms with van der Waals surface area (Å²) in [5.74, 6) is -1.31. The maximum atomic E-state index is 12.4. The molecule has 1 N–H and O–H groups in total. The van der Waals surface area contributed by atoms with Crippen LogP contribution >= 0.6 is 0 Å². The Kier molecular flexibility index (Phi) is 8.30. The average molecular weight is 460 g/mol. The fraction of sp³-hybridized carbons (Fsp3) is 0.269. The van der Waals surface area contributed by atoms with E-state index in [1.807, 2.05) is 13.0 Å². The number of imide groups is 1. The second-order valence-electron chi connectivity index (χ2n) is 7.73. The van der Waals surface area contributed by atoms with Crippen LogP contribution in [0.3, 0.4) is 0 Å². The summed E-state index contributed by atoms with van der Waals surface area (Å²) in [4.78, 5) is 50.1. The SMILES string of the molecule is CCCCNC(=O)/C(C#N)=C/c1ccc(OC(=O)CCCN2C(=O)c3ccccc3C2=O)cc1. The summed E-state index contributed by atoms with van der Waals surface area (Å²) in [7, 11) is 0. The highest BCUT2D eigenvalue weighted by Gasteiger charge is 2.34. The van der Waals surface area contributed by atoms with Crippen LogP contribution in [0.4, 0.5) is 0 Å². The molecule has 0 aliphatic carbocycles. The molecule has 34 heavy (non-hydrogen) atoms. The molecule has 0 bridgehead atoms. The van der Waals surface area contributed by atoms with Crippen molar-refractivity contribution in [2.45, 2.75) is 32.6 Å². The lowest BCUT2D eigenvalue weighted by molar-refractivity contribution is -0.134. The summed E-state index contributed by atoms with van der Waals surface area (Å²) in [5, 5.41) is 11.9. The molecule has 2 aromatic carbocycles. The van der Waals surface area contributed by atoms with Crippen molar-refractivity contribution in [1.29, 1.82) is 5.26 Å². The Hall–Kier alpha value is -4.25. The van der Waals surface area contributed by atoms with Crippen molar-refractivity contribution in [3.63, 3.8) is 0 Å². The second kappa shape index (κ2) is 11.6. The normalized spacial score (nSPS) is 12.8. The number of benzene rings is 2. The van der Waals surface area contributed by atoms with Gasteiger partial charge in [-0.15, -0.1) is 0 Å². The van der Waals surface area contributed by atoms with E-state index < -0.39 is 11.9 Å². The minimum atomic E-state index is -0.493. The molecule has 3 amide bonds. The fourth-order valence-corrected chi connectivity index (χ4v) is 3.43. The van der Waals surface area contributed by atoms with E-state index in [2.05, 4.69) is 5.32 Å². The number of carbonyl (C=O) groups excluding carboxylic acids is 4. The zero-order valence-corrected chi connectivity index (χ0v) is 18.9. The monoisotopic (exact) mass is 459 g/mol. The molecule has 0 saturated carbocycles. The van der Waals surface area contributed by atoms with Crippen LogP contribution in [-0.2, 0) is 9.59 Å². The van der Waals surface area contributed by atoms with E-state index in [1.165, 1.54) is 6.08 Å².